The maximum atomic E-state index is 11.7. The Labute approximate surface area is 98.4 Å². The van der Waals surface area contributed by atoms with Gasteiger partial charge < -0.3 is 10.4 Å². The van der Waals surface area contributed by atoms with Crippen LogP contribution in [-0.4, -0.2) is 28.6 Å². The number of nitrogens with one attached hydrogen (secondary N) is 1. The number of nitro benzene ring substituents is 1. The zero-order chi connectivity index (χ0) is 12.8. The smallest absolute Gasteiger partial charge is 0.270 e. The second kappa shape index (κ2) is 5.95. The standard InChI is InChI=1S/C11H14N2O4/c1-2-9(7-14)12-11(15)8-4-3-5-10(6-8)13(16)17/h3-6,9,14H,2,7H2,1H3,(H,12,15)/t9-/m0/s1. The van der Waals surface area contributed by atoms with E-state index in [9.17, 15) is 14.9 Å². The SMILES string of the molecule is CC[C@@H](CO)NC(=O)c1cccc([N+](=O)[O-])c1. The molecule has 6 nitrogen and oxygen atoms in total. The van der Waals surface area contributed by atoms with E-state index in [0.717, 1.165) is 0 Å². The molecule has 0 saturated heterocycles. The molecular weight excluding hydrogens is 224 g/mol. The predicted molar refractivity (Wildman–Crippen MR) is 61.7 cm³/mol. The summed E-state index contributed by atoms with van der Waals surface area (Å²) < 4.78 is 0. The quantitative estimate of drug-likeness (QED) is 0.593. The summed E-state index contributed by atoms with van der Waals surface area (Å²) in [5.74, 6) is -0.422. The van der Waals surface area contributed by atoms with Gasteiger partial charge in [0.2, 0.25) is 0 Å². The van der Waals surface area contributed by atoms with Crippen molar-refractivity contribution in [3.63, 3.8) is 0 Å². The highest BCUT2D eigenvalue weighted by molar-refractivity contribution is 5.94. The third-order valence-electron chi connectivity index (χ3n) is 2.37. The third kappa shape index (κ3) is 3.53. The maximum absolute atomic E-state index is 11.7. The average Bonchev–Trinajstić information content (AvgIpc) is 2.35. The van der Waals surface area contributed by atoms with E-state index in [4.69, 9.17) is 5.11 Å². The number of aliphatic hydroxyl groups is 1. The van der Waals surface area contributed by atoms with Crippen LogP contribution in [0.5, 0.6) is 0 Å². The first kappa shape index (κ1) is 13.1. The van der Waals surface area contributed by atoms with Crippen molar-refractivity contribution in [2.75, 3.05) is 6.61 Å². The topological polar surface area (TPSA) is 92.5 Å². The van der Waals surface area contributed by atoms with Crippen LogP contribution in [0.3, 0.4) is 0 Å². The van der Waals surface area contributed by atoms with Crippen LogP contribution in [0.25, 0.3) is 0 Å². The van der Waals surface area contributed by atoms with Crippen LogP contribution in [-0.2, 0) is 0 Å². The molecular formula is C11H14N2O4. The number of benzene rings is 1. The second-order valence-electron chi connectivity index (χ2n) is 3.57. The van der Waals surface area contributed by atoms with Crippen LogP contribution in [0.15, 0.2) is 24.3 Å². The van der Waals surface area contributed by atoms with Gasteiger partial charge in [0.05, 0.1) is 17.6 Å². The third-order valence-corrected chi connectivity index (χ3v) is 2.37. The first-order valence-electron chi connectivity index (χ1n) is 5.24. The van der Waals surface area contributed by atoms with Gasteiger partial charge in [0.15, 0.2) is 0 Å². The molecule has 0 saturated carbocycles. The molecule has 17 heavy (non-hydrogen) atoms. The van der Waals surface area contributed by atoms with E-state index in [2.05, 4.69) is 5.32 Å². The van der Waals surface area contributed by atoms with Crippen molar-refractivity contribution in [2.24, 2.45) is 0 Å². The fourth-order valence-corrected chi connectivity index (χ4v) is 1.31. The Hall–Kier alpha value is -1.95. The van der Waals surface area contributed by atoms with Gasteiger partial charge in [-0.25, -0.2) is 0 Å². The number of nitro groups is 1. The molecule has 1 aromatic carbocycles. The highest BCUT2D eigenvalue weighted by atomic mass is 16.6. The van der Waals surface area contributed by atoms with Gasteiger partial charge in [0, 0.05) is 17.7 Å². The number of nitrogens with zero attached hydrogens (tertiary/aromatic N) is 1. The lowest BCUT2D eigenvalue weighted by atomic mass is 10.1. The number of hydrogen-bond donors (Lipinski definition) is 2. The summed E-state index contributed by atoms with van der Waals surface area (Å²) in [6.07, 6.45) is 0.594. The number of rotatable bonds is 5. The van der Waals surface area contributed by atoms with Gasteiger partial charge in [-0.3, -0.25) is 14.9 Å². The van der Waals surface area contributed by atoms with Gasteiger partial charge >= 0.3 is 0 Å². The Morgan fingerprint density at radius 1 is 1.59 bits per heavy atom. The molecule has 0 unspecified atom stereocenters. The Morgan fingerprint density at radius 2 is 2.29 bits per heavy atom. The predicted octanol–water partition coefficient (Wildman–Crippen LogP) is 1.10. The van der Waals surface area contributed by atoms with E-state index < -0.39 is 10.8 Å². The summed E-state index contributed by atoms with van der Waals surface area (Å²) in [6.45, 7) is 1.67. The second-order valence-corrected chi connectivity index (χ2v) is 3.57. The molecule has 1 atom stereocenters. The minimum absolute atomic E-state index is 0.130. The monoisotopic (exact) mass is 238 g/mol. The molecule has 92 valence electrons. The maximum Gasteiger partial charge on any atom is 0.270 e. The van der Waals surface area contributed by atoms with Crippen molar-refractivity contribution < 1.29 is 14.8 Å². The minimum Gasteiger partial charge on any atom is -0.394 e. The van der Waals surface area contributed by atoms with Crippen LogP contribution in [0, 0.1) is 10.1 Å². The fraction of sp³-hybridized carbons (Fsp3) is 0.364. The first-order chi connectivity index (χ1) is 8.08. The molecule has 0 heterocycles. The highest BCUT2D eigenvalue weighted by Gasteiger charge is 2.14. The molecule has 0 fully saturated rings. The Morgan fingerprint density at radius 3 is 2.82 bits per heavy atom. The van der Waals surface area contributed by atoms with E-state index in [1.165, 1.54) is 24.3 Å². The van der Waals surface area contributed by atoms with Crippen molar-refractivity contribution in [2.45, 2.75) is 19.4 Å². The van der Waals surface area contributed by atoms with Crippen LogP contribution >= 0.6 is 0 Å². The average molecular weight is 238 g/mol. The van der Waals surface area contributed by atoms with E-state index >= 15 is 0 Å². The van der Waals surface area contributed by atoms with Crippen LogP contribution in [0.2, 0.25) is 0 Å². The number of carbonyl (C=O) groups excluding carboxylic acids is 1. The number of carbonyl (C=O) groups is 1. The number of hydrogen-bond acceptors (Lipinski definition) is 4. The Bertz CT molecular complexity index is 416. The van der Waals surface area contributed by atoms with E-state index in [-0.39, 0.29) is 23.9 Å². The molecule has 0 bridgehead atoms. The molecule has 6 heteroatoms. The zero-order valence-corrected chi connectivity index (χ0v) is 9.42. The van der Waals surface area contributed by atoms with Gasteiger partial charge in [0.25, 0.3) is 11.6 Å². The molecule has 0 aliphatic carbocycles. The molecule has 0 radical (unpaired) electrons. The zero-order valence-electron chi connectivity index (χ0n) is 9.42. The summed E-state index contributed by atoms with van der Waals surface area (Å²) in [5, 5.41) is 22.1. The van der Waals surface area contributed by atoms with Crippen LogP contribution in [0.4, 0.5) is 5.69 Å². The van der Waals surface area contributed by atoms with Crippen molar-refractivity contribution in [1.82, 2.24) is 5.32 Å². The molecule has 0 aliphatic rings. The van der Waals surface area contributed by atoms with E-state index in [1.54, 1.807) is 0 Å². The summed E-state index contributed by atoms with van der Waals surface area (Å²) in [5.41, 5.74) is 0.0841. The lowest BCUT2D eigenvalue weighted by molar-refractivity contribution is -0.384. The molecule has 0 aromatic heterocycles. The Kier molecular flexibility index (Phi) is 4.59. The van der Waals surface area contributed by atoms with Crippen molar-refractivity contribution >= 4 is 11.6 Å². The van der Waals surface area contributed by atoms with Gasteiger partial charge in [-0.05, 0) is 12.5 Å². The molecule has 2 N–H and O–H groups in total. The number of aliphatic hydroxyl groups excluding tert-OH is 1. The van der Waals surface area contributed by atoms with Gasteiger partial charge in [-0.15, -0.1) is 0 Å². The van der Waals surface area contributed by atoms with Crippen LogP contribution < -0.4 is 5.32 Å². The van der Waals surface area contributed by atoms with Gasteiger partial charge in [0.1, 0.15) is 0 Å². The lowest BCUT2D eigenvalue weighted by Gasteiger charge is -2.13. The number of non-ortho nitro benzene ring substituents is 1. The highest BCUT2D eigenvalue weighted by Crippen LogP contribution is 2.13. The van der Waals surface area contributed by atoms with E-state index in [0.29, 0.717) is 6.42 Å². The van der Waals surface area contributed by atoms with Crippen molar-refractivity contribution in [3.8, 4) is 0 Å². The van der Waals surface area contributed by atoms with Gasteiger partial charge in [-0.2, -0.15) is 0 Å². The molecule has 0 aliphatic heterocycles. The van der Waals surface area contributed by atoms with Crippen molar-refractivity contribution in [3.05, 3.63) is 39.9 Å². The lowest BCUT2D eigenvalue weighted by Crippen LogP contribution is -2.36. The first-order valence-corrected chi connectivity index (χ1v) is 5.24. The summed E-state index contributed by atoms with van der Waals surface area (Å²) in [4.78, 5) is 21.7. The largest absolute Gasteiger partial charge is 0.394 e. The molecule has 1 rings (SSSR count). The van der Waals surface area contributed by atoms with Crippen molar-refractivity contribution in [1.29, 1.82) is 0 Å². The summed E-state index contributed by atoms with van der Waals surface area (Å²) in [7, 11) is 0. The van der Waals surface area contributed by atoms with Crippen LogP contribution in [0.1, 0.15) is 23.7 Å². The minimum atomic E-state index is -0.555. The fourth-order valence-electron chi connectivity index (χ4n) is 1.31. The van der Waals surface area contributed by atoms with E-state index in [1.807, 2.05) is 6.92 Å². The van der Waals surface area contributed by atoms with Gasteiger partial charge in [-0.1, -0.05) is 13.0 Å². The molecule has 1 amide bonds. The molecule has 0 spiro atoms. The molecule has 1 aromatic rings. The summed E-state index contributed by atoms with van der Waals surface area (Å²) >= 11 is 0. The Balaban J connectivity index is 2.82. The normalized spacial score (nSPS) is 11.9. The summed E-state index contributed by atoms with van der Waals surface area (Å²) in [6, 6.07) is 5.14. The number of amides is 1.